The lowest BCUT2D eigenvalue weighted by Gasteiger charge is -2.38. The predicted molar refractivity (Wildman–Crippen MR) is 117 cm³/mol. The fourth-order valence-electron chi connectivity index (χ4n) is 4.41. The zero-order chi connectivity index (χ0) is 21.3. The molecule has 0 spiro atoms. The molecule has 1 fully saturated rings. The number of fused-ring (bicyclic) bond motifs is 1. The fraction of sp³-hybridized carbons (Fsp3) is 0.333. The van der Waals surface area contributed by atoms with Crippen LogP contribution < -0.4 is 26.9 Å². The van der Waals surface area contributed by atoms with E-state index in [1.807, 2.05) is 24.4 Å². The highest BCUT2D eigenvalue weighted by Crippen LogP contribution is 2.29. The number of carbonyl (C=O) groups is 1. The van der Waals surface area contributed by atoms with Gasteiger partial charge in [-0.1, -0.05) is 25.1 Å². The van der Waals surface area contributed by atoms with Crippen LogP contribution in [0.4, 0.5) is 10.1 Å². The van der Waals surface area contributed by atoms with E-state index in [9.17, 15) is 9.18 Å². The van der Waals surface area contributed by atoms with Crippen LogP contribution in [0.25, 0.3) is 6.08 Å². The van der Waals surface area contributed by atoms with Crippen LogP contribution in [-0.2, 0) is 0 Å². The number of hydrogen-bond donors (Lipinski definition) is 2. The van der Waals surface area contributed by atoms with Gasteiger partial charge in [0.2, 0.25) is 0 Å². The molecule has 2 heterocycles. The lowest BCUT2D eigenvalue weighted by atomic mass is 9.85. The Bertz CT molecular complexity index is 1110. The molecule has 2 aliphatic rings. The zero-order valence-electron chi connectivity index (χ0n) is 17.1. The van der Waals surface area contributed by atoms with E-state index in [4.69, 9.17) is 11.5 Å². The normalized spacial score (nSPS) is 21.0. The summed E-state index contributed by atoms with van der Waals surface area (Å²) < 4.78 is 13.3. The van der Waals surface area contributed by atoms with Gasteiger partial charge in [0.25, 0.3) is 5.91 Å². The molecule has 0 aliphatic carbocycles. The first-order chi connectivity index (χ1) is 14.5. The van der Waals surface area contributed by atoms with Crippen molar-refractivity contribution < 1.29 is 9.18 Å². The maximum Gasteiger partial charge on any atom is 0.250 e. The van der Waals surface area contributed by atoms with E-state index in [1.54, 1.807) is 6.07 Å². The zero-order valence-corrected chi connectivity index (χ0v) is 17.1. The minimum atomic E-state index is -0.477. The second-order valence-corrected chi connectivity index (χ2v) is 7.99. The number of hydrogen-bond acceptors (Lipinski definition) is 4. The summed E-state index contributed by atoms with van der Waals surface area (Å²) in [4.78, 5) is 18.8. The van der Waals surface area contributed by atoms with Crippen LogP contribution in [0.5, 0.6) is 0 Å². The molecule has 1 amide bonds. The van der Waals surface area contributed by atoms with Crippen molar-refractivity contribution in [3.8, 4) is 0 Å². The molecule has 4 rings (SSSR count). The lowest BCUT2D eigenvalue weighted by molar-refractivity contribution is 0.0999. The summed E-state index contributed by atoms with van der Waals surface area (Å²) in [7, 11) is 0. The number of allylic oxidation sites excluding steroid dienone is 1. The van der Waals surface area contributed by atoms with Crippen molar-refractivity contribution in [2.75, 3.05) is 18.0 Å². The Labute approximate surface area is 175 Å². The second-order valence-electron chi connectivity index (χ2n) is 7.99. The van der Waals surface area contributed by atoms with Crippen molar-refractivity contribution >= 4 is 17.7 Å². The summed E-state index contributed by atoms with van der Waals surface area (Å²) in [6.07, 6.45) is 6.56. The molecule has 6 heteroatoms. The third-order valence-electron chi connectivity index (χ3n) is 6.16. The maximum absolute atomic E-state index is 13.3. The third kappa shape index (κ3) is 3.87. The Kier molecular flexibility index (Phi) is 5.68. The minimum absolute atomic E-state index is 0.0808. The van der Waals surface area contributed by atoms with Gasteiger partial charge < -0.3 is 16.4 Å². The number of nitrogens with zero attached hydrogens (tertiary/aromatic N) is 2. The summed E-state index contributed by atoms with van der Waals surface area (Å²) in [6, 6.07) is 10.3. The van der Waals surface area contributed by atoms with Crippen molar-refractivity contribution in [1.82, 2.24) is 0 Å². The smallest absolute Gasteiger partial charge is 0.250 e. The molecule has 2 aromatic carbocycles. The second kappa shape index (κ2) is 8.40. The number of piperidine rings is 1. The number of nitrogens with two attached hydrogens (primary N) is 2. The molecular weight excluding hydrogens is 379 g/mol. The SMILES string of the molecule is CCC1=CN=c2c(C(N)=O)ccc(N3CCC(c4ccc(F)cc4)C(N)C3)c2=CC1. The maximum atomic E-state index is 13.3. The van der Waals surface area contributed by atoms with Crippen molar-refractivity contribution in [3.63, 3.8) is 0 Å². The van der Waals surface area contributed by atoms with Crippen LogP contribution >= 0.6 is 0 Å². The van der Waals surface area contributed by atoms with E-state index in [0.29, 0.717) is 17.5 Å². The summed E-state index contributed by atoms with van der Waals surface area (Å²) in [5, 5.41) is 1.58. The van der Waals surface area contributed by atoms with Gasteiger partial charge >= 0.3 is 0 Å². The average molecular weight is 407 g/mol. The van der Waals surface area contributed by atoms with Gasteiger partial charge in [0.05, 0.1) is 10.9 Å². The minimum Gasteiger partial charge on any atom is -0.369 e. The van der Waals surface area contributed by atoms with E-state index < -0.39 is 5.91 Å². The molecule has 2 aliphatic heterocycles. The van der Waals surface area contributed by atoms with Gasteiger partial charge in [0, 0.05) is 42.2 Å². The van der Waals surface area contributed by atoms with Crippen LogP contribution in [0.1, 0.15) is 48.0 Å². The van der Waals surface area contributed by atoms with Crippen molar-refractivity contribution in [2.24, 2.45) is 16.5 Å². The first-order valence-corrected chi connectivity index (χ1v) is 10.4. The van der Waals surface area contributed by atoms with Crippen molar-refractivity contribution in [3.05, 3.63) is 75.7 Å². The van der Waals surface area contributed by atoms with Crippen LogP contribution in [-0.4, -0.2) is 25.0 Å². The largest absolute Gasteiger partial charge is 0.369 e. The molecule has 0 bridgehead atoms. The molecule has 0 saturated carbocycles. The van der Waals surface area contributed by atoms with Gasteiger partial charge in [-0.15, -0.1) is 0 Å². The van der Waals surface area contributed by atoms with E-state index in [2.05, 4.69) is 22.9 Å². The fourth-order valence-corrected chi connectivity index (χ4v) is 4.41. The lowest BCUT2D eigenvalue weighted by Crippen LogP contribution is -2.50. The standard InChI is InChI=1S/C24H27FN4O/c1-2-15-3-8-19-22(10-9-20(24(27)30)23(19)28-13-15)29-12-11-18(21(26)14-29)16-4-6-17(25)7-5-16/h4-10,13,18,21H,2-3,11-12,14,26H2,1H3,(H2,27,30). The molecule has 1 saturated heterocycles. The van der Waals surface area contributed by atoms with E-state index >= 15 is 0 Å². The van der Waals surface area contributed by atoms with Crippen LogP contribution in [0.3, 0.4) is 0 Å². The molecule has 4 N–H and O–H groups in total. The number of rotatable bonds is 4. The summed E-state index contributed by atoms with van der Waals surface area (Å²) >= 11 is 0. The molecule has 5 nitrogen and oxygen atoms in total. The Balaban J connectivity index is 1.68. The van der Waals surface area contributed by atoms with Crippen molar-refractivity contribution in [1.29, 1.82) is 0 Å². The molecule has 156 valence electrons. The number of benzene rings is 2. The summed E-state index contributed by atoms with van der Waals surface area (Å²) in [5.74, 6) is -0.524. The summed E-state index contributed by atoms with van der Waals surface area (Å²) in [5.41, 5.74) is 15.9. The van der Waals surface area contributed by atoms with Gasteiger partial charge in [0.1, 0.15) is 5.82 Å². The molecule has 2 unspecified atom stereocenters. The van der Waals surface area contributed by atoms with Crippen LogP contribution in [0, 0.1) is 5.82 Å². The highest BCUT2D eigenvalue weighted by atomic mass is 19.1. The van der Waals surface area contributed by atoms with E-state index in [0.717, 1.165) is 42.3 Å². The van der Waals surface area contributed by atoms with Gasteiger partial charge in [-0.25, -0.2) is 4.39 Å². The predicted octanol–water partition coefficient (Wildman–Crippen LogP) is 2.34. The molecule has 30 heavy (non-hydrogen) atoms. The monoisotopic (exact) mass is 406 g/mol. The van der Waals surface area contributed by atoms with Gasteiger partial charge in [-0.2, -0.15) is 0 Å². The number of primary amides is 1. The highest BCUT2D eigenvalue weighted by Gasteiger charge is 2.29. The third-order valence-corrected chi connectivity index (χ3v) is 6.16. The number of amides is 1. The Morgan fingerprint density at radius 3 is 2.67 bits per heavy atom. The summed E-state index contributed by atoms with van der Waals surface area (Å²) in [6.45, 7) is 3.59. The van der Waals surface area contributed by atoms with Crippen molar-refractivity contribution in [2.45, 2.75) is 38.1 Å². The molecule has 0 radical (unpaired) electrons. The molecule has 2 atom stereocenters. The van der Waals surface area contributed by atoms with Crippen LogP contribution in [0.15, 0.2) is 53.2 Å². The first kappa shape index (κ1) is 20.3. The van der Waals surface area contributed by atoms with Gasteiger partial charge in [0.15, 0.2) is 0 Å². The Morgan fingerprint density at radius 1 is 1.23 bits per heavy atom. The first-order valence-electron chi connectivity index (χ1n) is 10.4. The quantitative estimate of drug-likeness (QED) is 0.817. The topological polar surface area (TPSA) is 84.7 Å². The Hall–Kier alpha value is -2.99. The number of carbonyl (C=O) groups excluding carboxylic acids is 1. The van der Waals surface area contributed by atoms with Gasteiger partial charge in [-0.05, 0) is 54.7 Å². The molecular formula is C24H27FN4O. The van der Waals surface area contributed by atoms with E-state index in [1.165, 1.54) is 17.7 Å². The number of halogens is 1. The van der Waals surface area contributed by atoms with Gasteiger partial charge in [-0.3, -0.25) is 9.79 Å². The average Bonchev–Trinajstić information content (AvgIpc) is 2.96. The molecule has 2 aromatic rings. The Morgan fingerprint density at radius 2 is 2.00 bits per heavy atom. The van der Waals surface area contributed by atoms with E-state index in [-0.39, 0.29) is 17.8 Å². The van der Waals surface area contributed by atoms with Crippen LogP contribution in [0.2, 0.25) is 0 Å². The number of anilines is 1. The molecule has 0 aromatic heterocycles. The highest BCUT2D eigenvalue weighted by molar-refractivity contribution is 5.93.